The van der Waals surface area contributed by atoms with Crippen LogP contribution >= 0.6 is 0 Å². The lowest BCUT2D eigenvalue weighted by molar-refractivity contribution is -0.0500. The molecule has 0 atom stereocenters. The Labute approximate surface area is 106 Å². The summed E-state index contributed by atoms with van der Waals surface area (Å²) >= 11 is 0. The minimum atomic E-state index is -5.74. The van der Waals surface area contributed by atoms with Gasteiger partial charge in [0.1, 0.15) is 5.75 Å². The zero-order chi connectivity index (χ0) is 14.7. The van der Waals surface area contributed by atoms with Crippen molar-refractivity contribution in [3.63, 3.8) is 0 Å². The number of hydrogen-bond acceptors (Lipinski definition) is 6. The fourth-order valence-corrected chi connectivity index (χ4v) is 1.45. The average molecular weight is 295 g/mol. The molecule has 0 fully saturated rings. The molecule has 10 heteroatoms. The van der Waals surface area contributed by atoms with Gasteiger partial charge in [-0.3, -0.25) is 4.98 Å². The minimum absolute atomic E-state index is 0.00683. The van der Waals surface area contributed by atoms with Gasteiger partial charge in [0.2, 0.25) is 0 Å². The summed E-state index contributed by atoms with van der Waals surface area (Å²) in [7, 11) is -5.74. The summed E-state index contributed by atoms with van der Waals surface area (Å²) in [6.07, 6.45) is 2.84. The van der Waals surface area contributed by atoms with Gasteiger partial charge in [-0.1, -0.05) is 0 Å². The molecule has 0 radical (unpaired) electrons. The van der Waals surface area contributed by atoms with Crippen molar-refractivity contribution < 1.29 is 25.8 Å². The van der Waals surface area contributed by atoms with Crippen LogP contribution in [0.15, 0.2) is 24.5 Å². The van der Waals surface area contributed by atoms with Crippen molar-refractivity contribution in [2.24, 2.45) is 5.73 Å². The van der Waals surface area contributed by atoms with E-state index in [-0.39, 0.29) is 11.3 Å². The third kappa shape index (κ3) is 3.44. The molecule has 0 saturated heterocycles. The Kier molecular flexibility index (Phi) is 4.14. The van der Waals surface area contributed by atoms with Crippen LogP contribution in [0.3, 0.4) is 0 Å². The Morgan fingerprint density at radius 2 is 2.11 bits per heavy atom. The van der Waals surface area contributed by atoms with Crippen molar-refractivity contribution in [2.45, 2.75) is 5.51 Å². The van der Waals surface area contributed by atoms with Gasteiger partial charge in [-0.05, 0) is 0 Å². The third-order valence-electron chi connectivity index (χ3n) is 1.85. The molecule has 1 rings (SSSR count). The second kappa shape index (κ2) is 5.26. The SMILES string of the molecule is N=C/C(=C\N)c1cc(OS(=O)(=O)C(F)(F)F)ccn1. The Hall–Kier alpha value is -2.10. The number of nitrogens with one attached hydrogen (secondary N) is 1. The number of nitrogens with two attached hydrogens (primary N) is 1. The Bertz CT molecular complexity index is 611. The first-order chi connectivity index (χ1) is 8.71. The summed E-state index contributed by atoms with van der Waals surface area (Å²) in [4.78, 5) is 3.72. The molecule has 0 aromatic carbocycles. The van der Waals surface area contributed by atoms with E-state index in [1.165, 1.54) is 0 Å². The van der Waals surface area contributed by atoms with Gasteiger partial charge in [0, 0.05) is 36.3 Å². The van der Waals surface area contributed by atoms with E-state index in [2.05, 4.69) is 9.17 Å². The molecular weight excluding hydrogens is 287 g/mol. The largest absolute Gasteiger partial charge is 0.534 e. The van der Waals surface area contributed by atoms with E-state index >= 15 is 0 Å². The number of rotatable bonds is 4. The van der Waals surface area contributed by atoms with Crippen molar-refractivity contribution in [3.05, 3.63) is 30.2 Å². The van der Waals surface area contributed by atoms with E-state index in [4.69, 9.17) is 11.1 Å². The van der Waals surface area contributed by atoms with E-state index in [0.29, 0.717) is 0 Å². The first-order valence-electron chi connectivity index (χ1n) is 4.61. The molecule has 1 heterocycles. The highest BCUT2D eigenvalue weighted by atomic mass is 32.2. The van der Waals surface area contributed by atoms with Crippen LogP contribution in [0.1, 0.15) is 5.69 Å². The first kappa shape index (κ1) is 15.0. The first-order valence-corrected chi connectivity index (χ1v) is 6.01. The van der Waals surface area contributed by atoms with Crippen LogP contribution < -0.4 is 9.92 Å². The quantitative estimate of drug-likeness (QED) is 0.494. The lowest BCUT2D eigenvalue weighted by Crippen LogP contribution is -2.28. The fraction of sp³-hybridized carbons (Fsp3) is 0.111. The molecular formula is C9H8F3N3O3S. The third-order valence-corrected chi connectivity index (χ3v) is 2.83. The van der Waals surface area contributed by atoms with E-state index in [1.807, 2.05) is 0 Å². The summed E-state index contributed by atoms with van der Waals surface area (Å²) in [6, 6.07) is 1.86. The predicted molar refractivity (Wildman–Crippen MR) is 60.8 cm³/mol. The van der Waals surface area contributed by atoms with E-state index in [1.54, 1.807) is 0 Å². The molecule has 104 valence electrons. The molecule has 0 bridgehead atoms. The molecule has 0 unspecified atom stereocenters. The molecule has 0 aliphatic rings. The molecule has 3 N–H and O–H groups in total. The fourth-order valence-electron chi connectivity index (χ4n) is 1.00. The Balaban J connectivity index is 3.12. The van der Waals surface area contributed by atoms with Gasteiger partial charge >= 0.3 is 15.6 Å². The number of halogens is 3. The van der Waals surface area contributed by atoms with Crippen LogP contribution in [-0.2, 0) is 10.1 Å². The summed E-state index contributed by atoms with van der Waals surface area (Å²) in [6.45, 7) is 0. The maximum atomic E-state index is 12.1. The summed E-state index contributed by atoms with van der Waals surface area (Å²) in [5.74, 6) is -0.580. The minimum Gasteiger partial charge on any atom is -0.404 e. The number of allylic oxidation sites excluding steroid dienone is 1. The highest BCUT2D eigenvalue weighted by Crippen LogP contribution is 2.27. The topological polar surface area (TPSA) is 106 Å². The van der Waals surface area contributed by atoms with Gasteiger partial charge in [0.15, 0.2) is 0 Å². The van der Waals surface area contributed by atoms with Gasteiger partial charge < -0.3 is 15.3 Å². The van der Waals surface area contributed by atoms with Crippen molar-refractivity contribution in [3.8, 4) is 5.75 Å². The second-order valence-electron chi connectivity index (χ2n) is 3.13. The highest BCUT2D eigenvalue weighted by molar-refractivity contribution is 7.87. The molecule has 0 saturated carbocycles. The standard InChI is InChI=1S/C9H8F3N3O3S/c10-9(11,12)19(16,17)18-7-1-2-15-8(3-7)6(4-13)5-14/h1-5,13H,14H2/b6-5+,13-4?. The predicted octanol–water partition coefficient (Wildman–Crippen LogP) is 1.26. The van der Waals surface area contributed by atoms with E-state index in [0.717, 1.165) is 30.7 Å². The lowest BCUT2D eigenvalue weighted by Gasteiger charge is -2.10. The number of aromatic nitrogens is 1. The van der Waals surface area contributed by atoms with Crippen molar-refractivity contribution in [2.75, 3.05) is 0 Å². The van der Waals surface area contributed by atoms with Gasteiger partial charge in [-0.2, -0.15) is 21.6 Å². The van der Waals surface area contributed by atoms with Crippen molar-refractivity contribution >= 4 is 21.9 Å². The molecule has 6 nitrogen and oxygen atoms in total. The lowest BCUT2D eigenvalue weighted by atomic mass is 10.2. The van der Waals surface area contributed by atoms with Crippen LogP contribution in [0.2, 0.25) is 0 Å². The van der Waals surface area contributed by atoms with Gasteiger partial charge in [-0.25, -0.2) is 0 Å². The van der Waals surface area contributed by atoms with Gasteiger partial charge in [0.05, 0.1) is 5.69 Å². The second-order valence-corrected chi connectivity index (χ2v) is 4.66. The summed E-state index contributed by atoms with van der Waals surface area (Å²) in [5.41, 5.74) is -0.254. The molecule has 0 amide bonds. The summed E-state index contributed by atoms with van der Waals surface area (Å²) in [5, 5.41) is 6.99. The zero-order valence-electron chi connectivity index (χ0n) is 9.18. The van der Waals surface area contributed by atoms with Crippen LogP contribution in [0, 0.1) is 5.41 Å². The Morgan fingerprint density at radius 3 is 2.58 bits per heavy atom. The zero-order valence-corrected chi connectivity index (χ0v) is 9.99. The van der Waals surface area contributed by atoms with Crippen molar-refractivity contribution in [1.82, 2.24) is 4.98 Å². The maximum absolute atomic E-state index is 12.1. The average Bonchev–Trinajstić information content (AvgIpc) is 2.29. The number of pyridine rings is 1. The van der Waals surface area contributed by atoms with Gasteiger partial charge in [0.25, 0.3) is 0 Å². The molecule has 19 heavy (non-hydrogen) atoms. The van der Waals surface area contributed by atoms with Crippen LogP contribution in [0.25, 0.3) is 5.57 Å². The molecule has 0 spiro atoms. The molecule has 0 aliphatic carbocycles. The summed E-state index contributed by atoms with van der Waals surface area (Å²) < 4.78 is 61.8. The molecule has 0 aliphatic heterocycles. The van der Waals surface area contributed by atoms with Gasteiger partial charge in [-0.15, -0.1) is 0 Å². The Morgan fingerprint density at radius 1 is 1.47 bits per heavy atom. The number of alkyl halides is 3. The molecule has 1 aromatic rings. The van der Waals surface area contributed by atoms with Crippen LogP contribution in [-0.4, -0.2) is 25.1 Å². The van der Waals surface area contributed by atoms with E-state index < -0.39 is 21.4 Å². The van der Waals surface area contributed by atoms with Crippen molar-refractivity contribution in [1.29, 1.82) is 5.41 Å². The number of nitrogens with zero attached hydrogens (tertiary/aromatic N) is 1. The number of hydrogen-bond donors (Lipinski definition) is 2. The monoisotopic (exact) mass is 295 g/mol. The normalized spacial score (nSPS) is 13.1. The molecule has 1 aromatic heterocycles. The maximum Gasteiger partial charge on any atom is 0.534 e. The van der Waals surface area contributed by atoms with Crippen LogP contribution in [0.4, 0.5) is 13.2 Å². The highest BCUT2D eigenvalue weighted by Gasteiger charge is 2.48. The smallest absolute Gasteiger partial charge is 0.404 e. The van der Waals surface area contributed by atoms with Crippen LogP contribution in [0.5, 0.6) is 5.75 Å². The van der Waals surface area contributed by atoms with E-state index in [9.17, 15) is 21.6 Å².